The van der Waals surface area contributed by atoms with E-state index in [-0.39, 0.29) is 25.3 Å². The highest BCUT2D eigenvalue weighted by molar-refractivity contribution is 7.92. The first-order chi connectivity index (χ1) is 12.8. The maximum atomic E-state index is 12.7. The number of sulfone groups is 1. The van der Waals surface area contributed by atoms with Gasteiger partial charge in [-0.25, -0.2) is 16.8 Å². The van der Waals surface area contributed by atoms with Crippen molar-refractivity contribution in [3.05, 3.63) is 76.7 Å². The van der Waals surface area contributed by atoms with E-state index in [9.17, 15) is 16.8 Å². The zero-order chi connectivity index (χ0) is 19.5. The van der Waals surface area contributed by atoms with Gasteiger partial charge in [-0.05, 0) is 30.5 Å². The van der Waals surface area contributed by atoms with Gasteiger partial charge in [-0.3, -0.25) is 0 Å². The van der Waals surface area contributed by atoms with Gasteiger partial charge in [0.05, 0.1) is 11.0 Å². The molecule has 3 rings (SSSR count). The lowest BCUT2D eigenvalue weighted by Crippen LogP contribution is -2.32. The quantitative estimate of drug-likeness (QED) is 0.783. The lowest BCUT2D eigenvalue weighted by atomic mass is 10.1. The van der Waals surface area contributed by atoms with Crippen molar-refractivity contribution in [3.63, 3.8) is 0 Å². The fourth-order valence-corrected chi connectivity index (χ4v) is 6.27. The Morgan fingerprint density at radius 2 is 1.67 bits per heavy atom. The first-order valence-corrected chi connectivity index (χ1v) is 12.0. The predicted molar refractivity (Wildman–Crippen MR) is 108 cm³/mol. The molecular formula is C20H23NO4S2. The molecule has 0 aromatic heterocycles. The Balaban J connectivity index is 1.79. The fourth-order valence-electron chi connectivity index (χ4n) is 3.15. The molecule has 1 aliphatic heterocycles. The smallest absolute Gasteiger partial charge is 0.228 e. The molecule has 1 aliphatic rings. The standard InChI is InChI=1S/C20H23NO4S2/c1-17-7-9-18(10-8-17)12-15-27(24,25)21-13-11-20(26(22,23)16-14-21)19-5-3-2-4-6-19/h2-10,12,15,20H,11,13-14,16H2,1H3/b15-12+. The molecule has 0 bridgehead atoms. The van der Waals surface area contributed by atoms with Crippen LogP contribution in [0.15, 0.2) is 60.0 Å². The third-order valence-corrected chi connectivity index (χ3v) is 8.43. The van der Waals surface area contributed by atoms with Crippen molar-refractivity contribution >= 4 is 25.9 Å². The SMILES string of the molecule is Cc1ccc(/C=C/S(=O)(=O)N2CCC(c3ccccc3)S(=O)(=O)CC2)cc1. The topological polar surface area (TPSA) is 71.5 Å². The zero-order valence-corrected chi connectivity index (χ0v) is 16.8. The molecular weight excluding hydrogens is 382 g/mol. The summed E-state index contributed by atoms with van der Waals surface area (Å²) in [5.41, 5.74) is 2.60. The molecule has 0 N–H and O–H groups in total. The Bertz CT molecular complexity index is 1010. The van der Waals surface area contributed by atoms with E-state index in [0.29, 0.717) is 5.56 Å². The van der Waals surface area contributed by atoms with E-state index in [4.69, 9.17) is 0 Å². The monoisotopic (exact) mass is 405 g/mol. The summed E-state index contributed by atoms with van der Waals surface area (Å²) in [5.74, 6) is -0.176. The molecule has 0 aliphatic carbocycles. The third kappa shape index (κ3) is 4.86. The van der Waals surface area contributed by atoms with Crippen LogP contribution < -0.4 is 0 Å². The number of rotatable bonds is 4. The van der Waals surface area contributed by atoms with Gasteiger partial charge in [0.1, 0.15) is 0 Å². The van der Waals surface area contributed by atoms with Crippen LogP contribution in [0.5, 0.6) is 0 Å². The number of sulfonamides is 1. The van der Waals surface area contributed by atoms with Gasteiger partial charge in [0.15, 0.2) is 9.84 Å². The normalized spacial score (nSPS) is 21.1. The maximum absolute atomic E-state index is 12.7. The van der Waals surface area contributed by atoms with Crippen molar-refractivity contribution in [1.29, 1.82) is 0 Å². The molecule has 7 heteroatoms. The van der Waals surface area contributed by atoms with Crippen molar-refractivity contribution in [2.24, 2.45) is 0 Å². The summed E-state index contributed by atoms with van der Waals surface area (Å²) < 4.78 is 51.9. The second-order valence-electron chi connectivity index (χ2n) is 6.71. The van der Waals surface area contributed by atoms with Crippen LogP contribution in [0.1, 0.15) is 28.4 Å². The van der Waals surface area contributed by atoms with Gasteiger partial charge in [0, 0.05) is 18.5 Å². The summed E-state index contributed by atoms with van der Waals surface area (Å²) in [5, 5.41) is 0.493. The average Bonchev–Trinajstić information content (AvgIpc) is 2.80. The van der Waals surface area contributed by atoms with Gasteiger partial charge in [0.25, 0.3) is 0 Å². The first kappa shape index (κ1) is 19.8. The van der Waals surface area contributed by atoms with Gasteiger partial charge in [0.2, 0.25) is 10.0 Å². The Labute approximate surface area is 161 Å². The molecule has 2 aromatic rings. The number of hydrogen-bond acceptors (Lipinski definition) is 4. The highest BCUT2D eigenvalue weighted by Gasteiger charge is 2.34. The van der Waals surface area contributed by atoms with Crippen LogP contribution in [0.3, 0.4) is 0 Å². The lowest BCUT2D eigenvalue weighted by molar-refractivity contribution is 0.435. The van der Waals surface area contributed by atoms with Crippen LogP contribution in [0.2, 0.25) is 0 Å². The maximum Gasteiger partial charge on any atom is 0.236 e. The minimum absolute atomic E-state index is 0.0216. The van der Waals surface area contributed by atoms with Crippen LogP contribution in [0.4, 0.5) is 0 Å². The lowest BCUT2D eigenvalue weighted by Gasteiger charge is -2.17. The van der Waals surface area contributed by atoms with E-state index in [1.807, 2.05) is 37.3 Å². The van der Waals surface area contributed by atoms with Gasteiger partial charge in [-0.2, -0.15) is 4.31 Å². The molecule has 1 saturated heterocycles. The van der Waals surface area contributed by atoms with Gasteiger partial charge < -0.3 is 0 Å². The average molecular weight is 406 g/mol. The zero-order valence-electron chi connectivity index (χ0n) is 15.2. The van der Waals surface area contributed by atoms with E-state index >= 15 is 0 Å². The van der Waals surface area contributed by atoms with Crippen LogP contribution >= 0.6 is 0 Å². The van der Waals surface area contributed by atoms with Gasteiger partial charge in [-0.1, -0.05) is 60.2 Å². The van der Waals surface area contributed by atoms with Crippen molar-refractivity contribution in [1.82, 2.24) is 4.31 Å². The summed E-state index contributed by atoms with van der Waals surface area (Å²) in [6.07, 6.45) is 1.80. The Morgan fingerprint density at radius 3 is 2.33 bits per heavy atom. The second-order valence-corrected chi connectivity index (χ2v) is 10.8. The van der Waals surface area contributed by atoms with Crippen LogP contribution in [-0.4, -0.2) is 40.0 Å². The summed E-state index contributed by atoms with van der Waals surface area (Å²) in [6.45, 7) is 2.12. The molecule has 1 fully saturated rings. The van der Waals surface area contributed by atoms with Crippen molar-refractivity contribution in [2.75, 3.05) is 18.8 Å². The Kier molecular flexibility index (Phi) is 5.83. The summed E-state index contributed by atoms with van der Waals surface area (Å²) in [4.78, 5) is 0. The molecule has 27 heavy (non-hydrogen) atoms. The van der Waals surface area contributed by atoms with Crippen LogP contribution in [-0.2, 0) is 19.9 Å². The highest BCUT2D eigenvalue weighted by Crippen LogP contribution is 2.30. The van der Waals surface area contributed by atoms with E-state index in [0.717, 1.165) is 16.5 Å². The number of nitrogens with zero attached hydrogens (tertiary/aromatic N) is 1. The van der Waals surface area contributed by atoms with Gasteiger partial charge >= 0.3 is 0 Å². The van der Waals surface area contributed by atoms with E-state index < -0.39 is 25.1 Å². The molecule has 0 radical (unpaired) electrons. The van der Waals surface area contributed by atoms with Gasteiger partial charge in [-0.15, -0.1) is 0 Å². The van der Waals surface area contributed by atoms with Crippen molar-refractivity contribution in [3.8, 4) is 0 Å². The fraction of sp³-hybridized carbons (Fsp3) is 0.300. The molecule has 0 saturated carbocycles. The minimum Gasteiger partial charge on any atom is -0.228 e. The van der Waals surface area contributed by atoms with Crippen molar-refractivity contribution in [2.45, 2.75) is 18.6 Å². The molecule has 144 valence electrons. The van der Waals surface area contributed by atoms with Crippen LogP contribution in [0.25, 0.3) is 6.08 Å². The molecule has 0 spiro atoms. The highest BCUT2D eigenvalue weighted by atomic mass is 32.2. The van der Waals surface area contributed by atoms with Crippen molar-refractivity contribution < 1.29 is 16.8 Å². The second kappa shape index (κ2) is 7.96. The summed E-state index contributed by atoms with van der Waals surface area (Å²) in [7, 11) is -7.09. The molecule has 2 aromatic carbocycles. The summed E-state index contributed by atoms with van der Waals surface area (Å²) in [6, 6.07) is 16.5. The predicted octanol–water partition coefficient (Wildman–Crippen LogP) is 3.16. The van der Waals surface area contributed by atoms with E-state index in [1.54, 1.807) is 30.3 Å². The first-order valence-electron chi connectivity index (χ1n) is 8.79. The Morgan fingerprint density at radius 1 is 1.00 bits per heavy atom. The molecule has 1 heterocycles. The number of benzene rings is 2. The molecule has 0 amide bonds. The summed E-state index contributed by atoms with van der Waals surface area (Å²) >= 11 is 0. The molecule has 5 nitrogen and oxygen atoms in total. The van der Waals surface area contributed by atoms with Crippen LogP contribution in [0, 0.1) is 6.92 Å². The third-order valence-electron chi connectivity index (χ3n) is 4.74. The van der Waals surface area contributed by atoms with E-state index in [2.05, 4.69) is 0 Å². The largest absolute Gasteiger partial charge is 0.236 e. The number of aryl methyl sites for hydroxylation is 1. The Hall–Kier alpha value is -1.96. The number of hydrogen-bond donors (Lipinski definition) is 0. The minimum atomic E-state index is -3.68. The molecule has 1 unspecified atom stereocenters. The molecule has 1 atom stereocenters. The van der Waals surface area contributed by atoms with E-state index in [1.165, 1.54) is 4.31 Å².